The molecule has 2 aromatic rings. The molecule has 0 saturated carbocycles. The predicted octanol–water partition coefficient (Wildman–Crippen LogP) is 2.54. The molecule has 0 spiro atoms. The lowest BCUT2D eigenvalue weighted by atomic mass is 10.1. The number of rotatable bonds is 5. The van der Waals surface area contributed by atoms with Crippen molar-refractivity contribution in [1.29, 1.82) is 0 Å². The van der Waals surface area contributed by atoms with E-state index in [1.807, 2.05) is 45.9 Å². The Labute approximate surface area is 131 Å². The standard InChI is InChI=1S/C17H23N3O2/c1-11-7-6-8-12(2)16(11)22-10-14(4)18-17(21)15-9-13(3)19-20(15)5/h6-9,14H,10H2,1-5H3,(H,18,21). The van der Waals surface area contributed by atoms with Gasteiger partial charge in [-0.25, -0.2) is 0 Å². The zero-order chi connectivity index (χ0) is 16.3. The molecule has 0 aliphatic carbocycles. The summed E-state index contributed by atoms with van der Waals surface area (Å²) in [5.74, 6) is 0.751. The maximum absolute atomic E-state index is 12.2. The maximum atomic E-state index is 12.2. The molecule has 22 heavy (non-hydrogen) atoms. The minimum absolute atomic E-state index is 0.0956. The van der Waals surface area contributed by atoms with Crippen molar-refractivity contribution in [1.82, 2.24) is 15.1 Å². The van der Waals surface area contributed by atoms with Crippen LogP contribution in [0.15, 0.2) is 24.3 Å². The third kappa shape index (κ3) is 3.67. The highest BCUT2D eigenvalue weighted by atomic mass is 16.5. The number of benzene rings is 1. The van der Waals surface area contributed by atoms with Crippen molar-refractivity contribution < 1.29 is 9.53 Å². The summed E-state index contributed by atoms with van der Waals surface area (Å²) in [6.45, 7) is 8.25. The van der Waals surface area contributed by atoms with Gasteiger partial charge in [-0.3, -0.25) is 9.48 Å². The van der Waals surface area contributed by atoms with Gasteiger partial charge in [-0.1, -0.05) is 18.2 Å². The van der Waals surface area contributed by atoms with Crippen molar-refractivity contribution >= 4 is 5.91 Å². The number of amides is 1. The van der Waals surface area contributed by atoms with Gasteiger partial charge in [0.15, 0.2) is 0 Å². The number of carbonyl (C=O) groups excluding carboxylic acids is 1. The summed E-state index contributed by atoms with van der Waals surface area (Å²) in [7, 11) is 1.76. The zero-order valence-corrected chi connectivity index (χ0v) is 13.8. The van der Waals surface area contributed by atoms with Gasteiger partial charge < -0.3 is 10.1 Å². The third-order valence-corrected chi connectivity index (χ3v) is 3.50. The fraction of sp³-hybridized carbons (Fsp3) is 0.412. The first-order valence-electron chi connectivity index (χ1n) is 7.39. The van der Waals surface area contributed by atoms with E-state index in [0.717, 1.165) is 22.6 Å². The van der Waals surface area contributed by atoms with Crippen LogP contribution in [0.25, 0.3) is 0 Å². The lowest BCUT2D eigenvalue weighted by Gasteiger charge is -2.17. The Hall–Kier alpha value is -2.30. The first-order chi connectivity index (χ1) is 10.4. The van der Waals surface area contributed by atoms with Crippen molar-refractivity contribution in [2.45, 2.75) is 33.7 Å². The van der Waals surface area contributed by atoms with Crippen molar-refractivity contribution in [3.63, 3.8) is 0 Å². The highest BCUT2D eigenvalue weighted by Gasteiger charge is 2.15. The molecule has 1 aromatic carbocycles. The van der Waals surface area contributed by atoms with E-state index in [4.69, 9.17) is 4.74 Å². The summed E-state index contributed by atoms with van der Waals surface area (Å²) in [4.78, 5) is 12.2. The highest BCUT2D eigenvalue weighted by molar-refractivity contribution is 5.92. The average molecular weight is 301 g/mol. The van der Waals surface area contributed by atoms with Crippen molar-refractivity contribution in [2.24, 2.45) is 7.05 Å². The molecule has 1 amide bonds. The van der Waals surface area contributed by atoms with Crippen LogP contribution in [0.3, 0.4) is 0 Å². The fourth-order valence-corrected chi connectivity index (χ4v) is 2.40. The number of nitrogens with one attached hydrogen (secondary N) is 1. The molecule has 0 saturated heterocycles. The van der Waals surface area contributed by atoms with Gasteiger partial charge in [-0.05, 0) is 44.9 Å². The van der Waals surface area contributed by atoms with Crippen LogP contribution in [0.1, 0.15) is 34.2 Å². The van der Waals surface area contributed by atoms with Crippen molar-refractivity contribution in [2.75, 3.05) is 6.61 Å². The summed E-state index contributed by atoms with van der Waals surface area (Å²) in [6.07, 6.45) is 0. The van der Waals surface area contributed by atoms with E-state index in [2.05, 4.69) is 10.4 Å². The van der Waals surface area contributed by atoms with Gasteiger partial charge in [0, 0.05) is 7.05 Å². The molecule has 118 valence electrons. The second kappa shape index (κ2) is 6.64. The number of aromatic nitrogens is 2. The molecule has 0 aliphatic rings. The topological polar surface area (TPSA) is 56.1 Å². The van der Waals surface area contributed by atoms with Crippen LogP contribution < -0.4 is 10.1 Å². The lowest BCUT2D eigenvalue weighted by Crippen LogP contribution is -2.37. The molecule has 5 nitrogen and oxygen atoms in total. The Bertz CT molecular complexity index is 656. The average Bonchev–Trinajstić information content (AvgIpc) is 2.77. The quantitative estimate of drug-likeness (QED) is 0.923. The summed E-state index contributed by atoms with van der Waals surface area (Å²) in [6, 6.07) is 7.72. The van der Waals surface area contributed by atoms with Gasteiger partial charge in [0.05, 0.1) is 11.7 Å². The highest BCUT2D eigenvalue weighted by Crippen LogP contribution is 2.22. The van der Waals surface area contributed by atoms with Gasteiger partial charge in [0.25, 0.3) is 5.91 Å². The summed E-state index contributed by atoms with van der Waals surface area (Å²) < 4.78 is 7.45. The minimum atomic E-state index is -0.138. The van der Waals surface area contributed by atoms with Gasteiger partial charge in [-0.15, -0.1) is 0 Å². The molecule has 2 rings (SSSR count). The monoisotopic (exact) mass is 301 g/mol. The number of hydrogen-bond donors (Lipinski definition) is 1. The number of ether oxygens (including phenoxy) is 1. The van der Waals surface area contributed by atoms with Crippen LogP contribution in [-0.4, -0.2) is 28.3 Å². The number of para-hydroxylation sites is 1. The molecule has 0 bridgehead atoms. The van der Waals surface area contributed by atoms with Crippen molar-refractivity contribution in [3.05, 3.63) is 46.8 Å². The van der Waals surface area contributed by atoms with Crippen molar-refractivity contribution in [3.8, 4) is 5.75 Å². The molecule has 1 unspecified atom stereocenters. The third-order valence-electron chi connectivity index (χ3n) is 3.50. The number of aryl methyl sites for hydroxylation is 4. The van der Waals surface area contributed by atoms with E-state index >= 15 is 0 Å². The molecule has 1 atom stereocenters. The van der Waals surface area contributed by atoms with Crippen LogP contribution >= 0.6 is 0 Å². The molecule has 1 N–H and O–H groups in total. The van der Waals surface area contributed by atoms with Gasteiger partial charge >= 0.3 is 0 Å². The zero-order valence-electron chi connectivity index (χ0n) is 13.8. The molecule has 1 heterocycles. The summed E-state index contributed by atoms with van der Waals surface area (Å²) in [5, 5.41) is 7.12. The second-order valence-electron chi connectivity index (χ2n) is 5.70. The maximum Gasteiger partial charge on any atom is 0.269 e. The van der Waals surface area contributed by atoms with E-state index in [1.165, 1.54) is 0 Å². The Morgan fingerprint density at radius 3 is 2.50 bits per heavy atom. The Balaban J connectivity index is 1.94. The SMILES string of the molecule is Cc1cc(C(=O)NC(C)COc2c(C)cccc2C)n(C)n1. The van der Waals surface area contributed by atoms with Gasteiger partial charge in [0.2, 0.25) is 0 Å². The molecular weight excluding hydrogens is 278 g/mol. The molecule has 0 aliphatic heterocycles. The molecule has 1 aromatic heterocycles. The lowest BCUT2D eigenvalue weighted by molar-refractivity contribution is 0.0917. The number of carbonyl (C=O) groups is 1. The summed E-state index contributed by atoms with van der Waals surface area (Å²) in [5.41, 5.74) is 3.57. The van der Waals surface area contributed by atoms with Crippen LogP contribution in [0.2, 0.25) is 0 Å². The molecule has 0 fully saturated rings. The number of nitrogens with zero attached hydrogens (tertiary/aromatic N) is 2. The molecule has 0 radical (unpaired) electrons. The first kappa shape index (κ1) is 16.1. The minimum Gasteiger partial charge on any atom is -0.491 e. The smallest absolute Gasteiger partial charge is 0.269 e. The van der Waals surface area contributed by atoms with Crippen LogP contribution in [-0.2, 0) is 7.05 Å². The summed E-state index contributed by atoms with van der Waals surface area (Å²) >= 11 is 0. The van der Waals surface area contributed by atoms with Gasteiger partial charge in [0.1, 0.15) is 18.1 Å². The van der Waals surface area contributed by atoms with E-state index in [-0.39, 0.29) is 11.9 Å². The number of hydrogen-bond acceptors (Lipinski definition) is 3. The van der Waals surface area contributed by atoms with Crippen LogP contribution in [0.4, 0.5) is 0 Å². The first-order valence-corrected chi connectivity index (χ1v) is 7.39. The van der Waals surface area contributed by atoms with Crippen LogP contribution in [0.5, 0.6) is 5.75 Å². The second-order valence-corrected chi connectivity index (χ2v) is 5.70. The fourth-order valence-electron chi connectivity index (χ4n) is 2.40. The Morgan fingerprint density at radius 2 is 1.95 bits per heavy atom. The van der Waals surface area contributed by atoms with Gasteiger partial charge in [-0.2, -0.15) is 5.10 Å². The van der Waals surface area contributed by atoms with E-state index in [1.54, 1.807) is 17.8 Å². The Kier molecular flexibility index (Phi) is 4.85. The van der Waals surface area contributed by atoms with E-state index in [0.29, 0.717) is 12.3 Å². The Morgan fingerprint density at radius 1 is 1.32 bits per heavy atom. The largest absolute Gasteiger partial charge is 0.491 e. The predicted molar refractivity (Wildman–Crippen MR) is 86.3 cm³/mol. The molecular formula is C17H23N3O2. The van der Waals surface area contributed by atoms with E-state index in [9.17, 15) is 4.79 Å². The van der Waals surface area contributed by atoms with E-state index < -0.39 is 0 Å². The normalized spacial score (nSPS) is 12.0. The van der Waals surface area contributed by atoms with Crippen LogP contribution in [0, 0.1) is 20.8 Å². The molecule has 5 heteroatoms.